The lowest BCUT2D eigenvalue weighted by molar-refractivity contribution is 0.385. The molecule has 0 spiro atoms. The van der Waals surface area contributed by atoms with Gasteiger partial charge in [-0.05, 0) is 70.3 Å². The maximum Gasteiger partial charge on any atom is 0.132 e. The Morgan fingerprint density at radius 3 is 2.53 bits per heavy atom. The molecule has 0 saturated carbocycles. The van der Waals surface area contributed by atoms with Crippen molar-refractivity contribution in [3.63, 3.8) is 0 Å². The van der Waals surface area contributed by atoms with E-state index in [9.17, 15) is 0 Å². The van der Waals surface area contributed by atoms with Gasteiger partial charge in [-0.1, -0.05) is 31.2 Å². The van der Waals surface area contributed by atoms with E-state index in [1.54, 1.807) is 0 Å². The fourth-order valence-electron chi connectivity index (χ4n) is 3.46. The molecule has 1 atom stereocenters. The van der Waals surface area contributed by atoms with Crippen molar-refractivity contribution in [3.8, 4) is 22.8 Å². The van der Waals surface area contributed by atoms with Crippen LogP contribution in [0, 0.1) is 0 Å². The summed E-state index contributed by atoms with van der Waals surface area (Å²) in [6.07, 6.45) is 2.91. The average molecular weight is 433 g/mol. The van der Waals surface area contributed by atoms with E-state index in [1.165, 1.54) is 5.56 Å². The first kappa shape index (κ1) is 23.8. The molecule has 170 valence electrons. The van der Waals surface area contributed by atoms with Crippen molar-refractivity contribution in [1.29, 1.82) is 0 Å². The number of aromatic nitrogens is 2. The van der Waals surface area contributed by atoms with Gasteiger partial charge < -0.3 is 19.5 Å². The molecule has 5 nitrogen and oxygen atoms in total. The summed E-state index contributed by atoms with van der Waals surface area (Å²) in [5.74, 6) is 2.77. The quantitative estimate of drug-likeness (QED) is 0.426. The average Bonchev–Trinajstić information content (AvgIpc) is 3.12. The zero-order valence-corrected chi connectivity index (χ0v) is 20.3. The van der Waals surface area contributed by atoms with Crippen molar-refractivity contribution in [3.05, 3.63) is 77.8 Å². The van der Waals surface area contributed by atoms with E-state index in [2.05, 4.69) is 91.7 Å². The molecule has 0 amide bonds. The number of nitrogens with one attached hydrogen (secondary N) is 1. The fraction of sp³-hybridized carbons (Fsp3) is 0.370. The molecule has 3 aromatic rings. The zero-order valence-electron chi connectivity index (χ0n) is 20.3. The smallest absolute Gasteiger partial charge is 0.132 e. The summed E-state index contributed by atoms with van der Waals surface area (Å²) in [5, 5.41) is 3.52. The molecule has 0 aliphatic carbocycles. The standard InChI is InChI=1S/C27H36N4O/c1-8-21-9-10-23(16-28-20(4)19(2)3)26(15-21)32-24-13-11-22(12-14-24)25-17-29-27(31(25)7)18-30(5)6/h9-15,17,20,28H,2,8,16,18H2,1,3-7H3. The Hall–Kier alpha value is -2.89. The van der Waals surface area contributed by atoms with Gasteiger partial charge in [-0.2, -0.15) is 0 Å². The minimum Gasteiger partial charge on any atom is -0.457 e. The number of benzene rings is 2. The van der Waals surface area contributed by atoms with Crippen LogP contribution in [0.5, 0.6) is 11.5 Å². The van der Waals surface area contributed by atoms with Gasteiger partial charge in [-0.15, -0.1) is 0 Å². The molecule has 0 saturated heterocycles. The molecule has 0 aliphatic rings. The number of rotatable bonds is 10. The van der Waals surface area contributed by atoms with Gasteiger partial charge in [0.25, 0.3) is 0 Å². The van der Waals surface area contributed by atoms with E-state index in [-0.39, 0.29) is 6.04 Å². The van der Waals surface area contributed by atoms with Crippen LogP contribution in [0.1, 0.15) is 37.7 Å². The molecule has 0 aliphatic heterocycles. The van der Waals surface area contributed by atoms with E-state index in [4.69, 9.17) is 4.74 Å². The highest BCUT2D eigenvalue weighted by molar-refractivity contribution is 5.60. The minimum absolute atomic E-state index is 0.254. The Morgan fingerprint density at radius 1 is 1.19 bits per heavy atom. The molecule has 1 aromatic heterocycles. The fourth-order valence-corrected chi connectivity index (χ4v) is 3.46. The third kappa shape index (κ3) is 5.87. The highest BCUT2D eigenvalue weighted by Crippen LogP contribution is 2.29. The molecule has 5 heteroatoms. The van der Waals surface area contributed by atoms with Crippen molar-refractivity contribution in [2.45, 2.75) is 46.3 Å². The third-order valence-corrected chi connectivity index (χ3v) is 5.80. The van der Waals surface area contributed by atoms with Crippen LogP contribution in [0.3, 0.4) is 0 Å². The topological polar surface area (TPSA) is 42.3 Å². The first-order chi connectivity index (χ1) is 15.3. The summed E-state index contributed by atoms with van der Waals surface area (Å²) in [5.41, 5.74) is 5.74. The first-order valence-corrected chi connectivity index (χ1v) is 11.2. The zero-order chi connectivity index (χ0) is 23.3. The molecule has 3 rings (SSSR count). The van der Waals surface area contributed by atoms with E-state index in [0.29, 0.717) is 0 Å². The van der Waals surface area contributed by atoms with Gasteiger partial charge in [0.1, 0.15) is 17.3 Å². The molecule has 0 fully saturated rings. The van der Waals surface area contributed by atoms with Crippen molar-refractivity contribution in [1.82, 2.24) is 19.8 Å². The Kier molecular flexibility index (Phi) is 7.89. The van der Waals surface area contributed by atoms with Gasteiger partial charge in [-0.25, -0.2) is 4.98 Å². The number of hydrogen-bond acceptors (Lipinski definition) is 4. The summed E-state index contributed by atoms with van der Waals surface area (Å²) >= 11 is 0. The first-order valence-electron chi connectivity index (χ1n) is 11.2. The molecule has 32 heavy (non-hydrogen) atoms. The lowest BCUT2D eigenvalue weighted by atomic mass is 10.1. The van der Waals surface area contributed by atoms with Gasteiger partial charge >= 0.3 is 0 Å². The number of hydrogen-bond donors (Lipinski definition) is 1. The van der Waals surface area contributed by atoms with Gasteiger partial charge in [0.15, 0.2) is 0 Å². The highest BCUT2D eigenvalue weighted by Gasteiger charge is 2.11. The maximum absolute atomic E-state index is 6.33. The van der Waals surface area contributed by atoms with Gasteiger partial charge in [0.05, 0.1) is 18.4 Å². The van der Waals surface area contributed by atoms with Crippen molar-refractivity contribution < 1.29 is 4.74 Å². The summed E-state index contributed by atoms with van der Waals surface area (Å²) in [6.45, 7) is 11.9. The molecule has 1 N–H and O–H groups in total. The number of nitrogens with zero attached hydrogens (tertiary/aromatic N) is 3. The molecular weight excluding hydrogens is 396 g/mol. The Bertz CT molecular complexity index is 1050. The molecule has 1 unspecified atom stereocenters. The van der Waals surface area contributed by atoms with E-state index in [0.717, 1.165) is 59.2 Å². The lowest BCUT2D eigenvalue weighted by Crippen LogP contribution is -2.26. The van der Waals surface area contributed by atoms with Gasteiger partial charge in [0.2, 0.25) is 0 Å². The van der Waals surface area contributed by atoms with Crippen LogP contribution >= 0.6 is 0 Å². The SMILES string of the molecule is C=C(C)C(C)NCc1ccc(CC)cc1Oc1ccc(-c2cnc(CN(C)C)n2C)cc1. The molecule has 0 bridgehead atoms. The summed E-state index contributed by atoms with van der Waals surface area (Å²) in [4.78, 5) is 6.70. The van der Waals surface area contributed by atoms with Crippen LogP contribution in [-0.2, 0) is 26.6 Å². The predicted molar refractivity (Wildman–Crippen MR) is 133 cm³/mol. The minimum atomic E-state index is 0.254. The maximum atomic E-state index is 6.33. The Labute approximate surface area is 192 Å². The molecule has 1 heterocycles. The molecule has 2 aromatic carbocycles. The highest BCUT2D eigenvalue weighted by atomic mass is 16.5. The van der Waals surface area contributed by atoms with E-state index >= 15 is 0 Å². The summed E-state index contributed by atoms with van der Waals surface area (Å²) in [6, 6.07) is 15.0. The van der Waals surface area contributed by atoms with Gasteiger partial charge in [0, 0.05) is 30.8 Å². The van der Waals surface area contributed by atoms with Gasteiger partial charge in [-0.3, -0.25) is 0 Å². The van der Waals surface area contributed by atoms with Crippen LogP contribution < -0.4 is 10.1 Å². The third-order valence-electron chi connectivity index (χ3n) is 5.80. The van der Waals surface area contributed by atoms with Crippen LogP contribution in [0.25, 0.3) is 11.3 Å². The second kappa shape index (κ2) is 10.6. The van der Waals surface area contributed by atoms with Crippen LogP contribution in [0.15, 0.2) is 60.8 Å². The summed E-state index contributed by atoms with van der Waals surface area (Å²) in [7, 11) is 6.17. The van der Waals surface area contributed by atoms with E-state index in [1.807, 2.05) is 25.3 Å². The number of imidazole rings is 1. The molecular formula is C27H36N4O. The van der Waals surface area contributed by atoms with Crippen LogP contribution in [0.2, 0.25) is 0 Å². The number of aryl methyl sites for hydroxylation is 1. The second-order valence-corrected chi connectivity index (χ2v) is 8.73. The normalized spacial score (nSPS) is 12.2. The van der Waals surface area contributed by atoms with Crippen molar-refractivity contribution in [2.24, 2.45) is 7.05 Å². The molecule has 0 radical (unpaired) electrons. The summed E-state index contributed by atoms with van der Waals surface area (Å²) < 4.78 is 8.48. The van der Waals surface area contributed by atoms with E-state index < -0.39 is 0 Å². The largest absolute Gasteiger partial charge is 0.457 e. The monoisotopic (exact) mass is 432 g/mol. The van der Waals surface area contributed by atoms with Crippen molar-refractivity contribution in [2.75, 3.05) is 14.1 Å². The predicted octanol–water partition coefficient (Wildman–Crippen LogP) is 5.56. The van der Waals surface area contributed by atoms with Crippen molar-refractivity contribution >= 4 is 0 Å². The lowest BCUT2D eigenvalue weighted by Gasteiger charge is -2.17. The number of ether oxygens (including phenoxy) is 1. The second-order valence-electron chi connectivity index (χ2n) is 8.73. The van der Waals surface area contributed by atoms with Crippen LogP contribution in [-0.4, -0.2) is 34.6 Å². The Balaban J connectivity index is 1.79. The van der Waals surface area contributed by atoms with Crippen LogP contribution in [0.4, 0.5) is 0 Å². The Morgan fingerprint density at radius 2 is 1.91 bits per heavy atom.